The highest BCUT2D eigenvalue weighted by atomic mass is 19.1. The number of benzene rings is 2. The van der Waals surface area contributed by atoms with E-state index in [0.29, 0.717) is 53.3 Å². The first-order valence-corrected chi connectivity index (χ1v) is 10.3. The molecule has 2 aliphatic heterocycles. The third-order valence-electron chi connectivity index (χ3n) is 6.01. The predicted octanol–water partition coefficient (Wildman–Crippen LogP) is 3.51. The summed E-state index contributed by atoms with van der Waals surface area (Å²) in [4.78, 5) is 27.9. The number of methoxy groups -OCH3 is 1. The number of hydrogen-bond donors (Lipinski definition) is 1. The second kappa shape index (κ2) is 7.71. The number of fused-ring (bicyclic) bond motifs is 1. The lowest BCUT2D eigenvalue weighted by Gasteiger charge is -2.40. The van der Waals surface area contributed by atoms with E-state index in [1.807, 2.05) is 0 Å². The molecule has 0 saturated carbocycles. The number of rotatable bonds is 3. The number of hydrogen-bond acceptors (Lipinski definition) is 7. The third-order valence-corrected chi connectivity index (χ3v) is 6.01. The molecule has 0 unspecified atom stereocenters. The summed E-state index contributed by atoms with van der Waals surface area (Å²) in [6.45, 7) is 0.108. The first kappa shape index (κ1) is 20.1. The van der Waals surface area contributed by atoms with Crippen LogP contribution in [0.5, 0.6) is 11.5 Å². The lowest BCUT2D eigenvalue weighted by atomic mass is 9.75. The smallest absolute Gasteiger partial charge is 0.338 e. The van der Waals surface area contributed by atoms with Gasteiger partial charge in [0.2, 0.25) is 6.79 Å². The molecule has 3 aliphatic rings. The van der Waals surface area contributed by atoms with Gasteiger partial charge in [-0.15, -0.1) is 0 Å². The van der Waals surface area contributed by atoms with Crippen molar-refractivity contribution in [3.8, 4) is 11.5 Å². The monoisotopic (exact) mass is 436 g/mol. The number of halogens is 1. The minimum Gasteiger partial charge on any atom is -0.466 e. The quantitative estimate of drug-likeness (QED) is 0.737. The Hall–Kier alpha value is -3.81. The van der Waals surface area contributed by atoms with Crippen molar-refractivity contribution in [1.29, 1.82) is 0 Å². The summed E-state index contributed by atoms with van der Waals surface area (Å²) in [5.74, 6) is -0.517. The number of carbonyl (C=O) groups excluding carboxylic acids is 2. The highest BCUT2D eigenvalue weighted by Crippen LogP contribution is 2.48. The molecule has 0 spiro atoms. The number of nitrogens with two attached hydrogens (primary N) is 1. The van der Waals surface area contributed by atoms with Crippen LogP contribution >= 0.6 is 0 Å². The van der Waals surface area contributed by atoms with Gasteiger partial charge in [0.15, 0.2) is 17.3 Å². The van der Waals surface area contributed by atoms with Gasteiger partial charge in [0.1, 0.15) is 11.6 Å². The van der Waals surface area contributed by atoms with Crippen LogP contribution < -0.4 is 20.1 Å². The number of anilines is 1. The van der Waals surface area contributed by atoms with Crippen LogP contribution in [0.15, 0.2) is 65.1 Å². The van der Waals surface area contributed by atoms with E-state index in [-0.39, 0.29) is 24.0 Å². The van der Waals surface area contributed by atoms with Crippen molar-refractivity contribution in [2.45, 2.75) is 25.2 Å². The minimum atomic E-state index is -0.712. The summed E-state index contributed by atoms with van der Waals surface area (Å²) in [6.07, 6.45) is 1.62. The molecule has 1 aliphatic carbocycles. The largest absolute Gasteiger partial charge is 0.466 e. The molecule has 0 amide bonds. The van der Waals surface area contributed by atoms with Gasteiger partial charge >= 0.3 is 5.97 Å². The second-order valence-corrected chi connectivity index (χ2v) is 7.79. The molecule has 7 nitrogen and oxygen atoms in total. The van der Waals surface area contributed by atoms with Gasteiger partial charge in [-0.3, -0.25) is 9.69 Å². The van der Waals surface area contributed by atoms with Gasteiger partial charge in [0, 0.05) is 23.4 Å². The molecular formula is C24H21FN2O5. The summed E-state index contributed by atoms with van der Waals surface area (Å²) in [5.41, 5.74) is 9.18. The van der Waals surface area contributed by atoms with Crippen LogP contribution in [0, 0.1) is 5.82 Å². The van der Waals surface area contributed by atoms with Crippen molar-refractivity contribution >= 4 is 17.4 Å². The Labute approximate surface area is 183 Å². The SMILES string of the molecule is COC(=O)C1=C(N)N(c2ccc(F)cc2)C2=C(C(=O)CCC2)[C@@H]1c1ccc2c(c1)OCO2. The number of Topliss-reactive ketones (excluding diaryl/α,β-unsaturated/α-hetero) is 1. The molecule has 2 heterocycles. The number of ketones is 1. The van der Waals surface area contributed by atoms with E-state index < -0.39 is 17.7 Å². The standard InChI is InChI=1S/C24H21FN2O5/c1-30-24(29)22-20(13-5-10-18-19(11-13)32-12-31-18)21-16(3-2-4-17(21)28)27(23(22)26)15-8-6-14(25)7-9-15/h5-11,20H,2-4,12,26H2,1H3/t20-/m0/s1. The molecule has 164 valence electrons. The summed E-state index contributed by atoms with van der Waals surface area (Å²) in [5, 5.41) is 0. The minimum absolute atomic E-state index is 0.0602. The molecule has 0 saturated heterocycles. The van der Waals surface area contributed by atoms with E-state index in [1.54, 1.807) is 35.2 Å². The van der Waals surface area contributed by atoms with E-state index in [2.05, 4.69) is 0 Å². The number of ether oxygens (including phenoxy) is 3. The maximum absolute atomic E-state index is 13.6. The van der Waals surface area contributed by atoms with E-state index in [9.17, 15) is 14.0 Å². The highest BCUT2D eigenvalue weighted by molar-refractivity contribution is 6.05. The van der Waals surface area contributed by atoms with Crippen molar-refractivity contribution < 1.29 is 28.2 Å². The van der Waals surface area contributed by atoms with E-state index in [1.165, 1.54) is 19.2 Å². The maximum atomic E-state index is 13.6. The Morgan fingerprint density at radius 3 is 2.62 bits per heavy atom. The van der Waals surface area contributed by atoms with Gasteiger partial charge < -0.3 is 19.9 Å². The lowest BCUT2D eigenvalue weighted by molar-refractivity contribution is -0.136. The molecule has 2 aromatic carbocycles. The Balaban J connectivity index is 1.75. The molecule has 0 fully saturated rings. The van der Waals surface area contributed by atoms with Crippen molar-refractivity contribution in [2.75, 3.05) is 18.8 Å². The topological polar surface area (TPSA) is 91.1 Å². The Morgan fingerprint density at radius 1 is 1.12 bits per heavy atom. The van der Waals surface area contributed by atoms with Gasteiger partial charge in [-0.05, 0) is 54.8 Å². The fourth-order valence-electron chi connectivity index (χ4n) is 4.61. The molecule has 8 heteroatoms. The highest BCUT2D eigenvalue weighted by Gasteiger charge is 2.43. The maximum Gasteiger partial charge on any atom is 0.338 e. The summed E-state index contributed by atoms with van der Waals surface area (Å²) < 4.78 is 29.6. The summed E-state index contributed by atoms with van der Waals surface area (Å²) in [7, 11) is 1.27. The Bertz CT molecular complexity index is 1190. The van der Waals surface area contributed by atoms with Crippen LogP contribution in [0.2, 0.25) is 0 Å². The average Bonchev–Trinajstić information content (AvgIpc) is 3.27. The molecule has 0 radical (unpaired) electrons. The Kier molecular flexibility index (Phi) is 4.84. The number of carbonyl (C=O) groups is 2. The van der Waals surface area contributed by atoms with Crippen molar-refractivity contribution in [1.82, 2.24) is 0 Å². The molecular weight excluding hydrogens is 415 g/mol. The van der Waals surface area contributed by atoms with Gasteiger partial charge in [0.05, 0.1) is 18.6 Å². The summed E-state index contributed by atoms with van der Waals surface area (Å²) >= 11 is 0. The van der Waals surface area contributed by atoms with E-state index in [0.717, 1.165) is 0 Å². The first-order chi connectivity index (χ1) is 15.5. The van der Waals surface area contributed by atoms with Crippen LogP contribution in [0.3, 0.4) is 0 Å². The molecule has 2 aromatic rings. The van der Waals surface area contributed by atoms with Crippen molar-refractivity contribution in [3.05, 3.63) is 76.5 Å². The molecule has 2 N–H and O–H groups in total. The van der Waals surface area contributed by atoms with Gasteiger partial charge in [-0.2, -0.15) is 0 Å². The van der Waals surface area contributed by atoms with Crippen molar-refractivity contribution in [2.24, 2.45) is 5.73 Å². The number of allylic oxidation sites excluding steroid dienone is 2. The van der Waals surface area contributed by atoms with Crippen LogP contribution in [0.1, 0.15) is 30.7 Å². The molecule has 32 heavy (non-hydrogen) atoms. The normalized spacial score (nSPS) is 19.9. The van der Waals surface area contributed by atoms with Crippen LogP contribution in [-0.2, 0) is 14.3 Å². The Morgan fingerprint density at radius 2 is 1.88 bits per heavy atom. The fourth-order valence-corrected chi connectivity index (χ4v) is 4.61. The predicted molar refractivity (Wildman–Crippen MR) is 113 cm³/mol. The second-order valence-electron chi connectivity index (χ2n) is 7.79. The summed E-state index contributed by atoms with van der Waals surface area (Å²) in [6, 6.07) is 11.1. The number of nitrogens with zero attached hydrogens (tertiary/aromatic N) is 1. The molecule has 5 rings (SSSR count). The van der Waals surface area contributed by atoms with Crippen LogP contribution in [-0.4, -0.2) is 25.7 Å². The lowest BCUT2D eigenvalue weighted by Crippen LogP contribution is -2.40. The first-order valence-electron chi connectivity index (χ1n) is 10.3. The fraction of sp³-hybridized carbons (Fsp3) is 0.250. The zero-order valence-corrected chi connectivity index (χ0v) is 17.4. The van der Waals surface area contributed by atoms with E-state index >= 15 is 0 Å². The zero-order chi connectivity index (χ0) is 22.4. The van der Waals surface area contributed by atoms with Gasteiger partial charge in [-0.1, -0.05) is 6.07 Å². The molecule has 0 aromatic heterocycles. The molecule has 0 bridgehead atoms. The van der Waals surface area contributed by atoms with Crippen LogP contribution in [0.4, 0.5) is 10.1 Å². The third kappa shape index (κ3) is 3.10. The number of esters is 1. The zero-order valence-electron chi connectivity index (χ0n) is 17.4. The van der Waals surface area contributed by atoms with Gasteiger partial charge in [-0.25, -0.2) is 9.18 Å². The molecule has 1 atom stereocenters. The van der Waals surface area contributed by atoms with E-state index in [4.69, 9.17) is 19.9 Å². The van der Waals surface area contributed by atoms with Crippen molar-refractivity contribution in [3.63, 3.8) is 0 Å². The van der Waals surface area contributed by atoms with Gasteiger partial charge in [0.25, 0.3) is 0 Å². The van der Waals surface area contributed by atoms with Crippen LogP contribution in [0.25, 0.3) is 0 Å². The average molecular weight is 436 g/mol.